The number of aliphatic hydroxyl groups is 1. The van der Waals surface area contributed by atoms with Crippen LogP contribution in [-0.2, 0) is 27.7 Å². The van der Waals surface area contributed by atoms with E-state index in [9.17, 15) is 19.8 Å². The molecule has 12 nitrogen and oxygen atoms in total. The molecule has 3 heterocycles. The molecule has 2 amide bonds. The van der Waals surface area contributed by atoms with Gasteiger partial charge in [0.1, 0.15) is 11.2 Å². The number of guanidine groups is 1. The lowest BCUT2D eigenvalue weighted by Crippen LogP contribution is -2.74. The summed E-state index contributed by atoms with van der Waals surface area (Å²) in [6.45, 7) is 12.3. The second-order valence-electron chi connectivity index (χ2n) is 16.4. The second kappa shape index (κ2) is 10.6. The van der Waals surface area contributed by atoms with Crippen molar-refractivity contribution in [3.8, 4) is 11.5 Å². The number of nitrogens with zero attached hydrogens (tertiary/aromatic N) is 2. The van der Waals surface area contributed by atoms with Crippen LogP contribution in [0, 0.1) is 5.92 Å². The van der Waals surface area contributed by atoms with E-state index in [1.54, 1.807) is 53.7 Å². The van der Waals surface area contributed by atoms with Gasteiger partial charge in [-0.15, -0.1) is 0 Å². The van der Waals surface area contributed by atoms with Crippen LogP contribution in [0.5, 0.6) is 11.5 Å². The van der Waals surface area contributed by atoms with Crippen LogP contribution in [0.1, 0.15) is 89.3 Å². The molecular weight excluding hydrogens is 626 g/mol. The summed E-state index contributed by atoms with van der Waals surface area (Å²) in [7, 11) is 0. The van der Waals surface area contributed by atoms with Crippen LogP contribution in [0.2, 0.25) is 0 Å². The van der Waals surface area contributed by atoms with E-state index in [-0.39, 0.29) is 17.8 Å². The zero-order chi connectivity index (χ0) is 34.7. The highest BCUT2D eigenvalue weighted by atomic mass is 16.6. The predicted octanol–water partition coefficient (Wildman–Crippen LogP) is 5.61. The number of ether oxygens (including phenoxy) is 3. The fourth-order valence-electron chi connectivity index (χ4n) is 8.70. The van der Waals surface area contributed by atoms with Gasteiger partial charge in [-0.1, -0.05) is 6.07 Å². The maximum Gasteiger partial charge on any atom is 0.414 e. The van der Waals surface area contributed by atoms with Crippen LogP contribution in [0.3, 0.4) is 0 Å². The van der Waals surface area contributed by atoms with Gasteiger partial charge < -0.3 is 29.4 Å². The number of benzene rings is 2. The standard InChI is InChI=1S/C37H45N5O7/c1-34(2,3)48-32(44)40-31(41-33(45)49-35(4,5)6)38-21-10-11-24-22(16-21)23-17-37(46)26-15-20-9-12-25(43)29-27(20)36(37,30(47-29)28(23)39-24)13-14-42(26)18-19-7-8-19/h9-12,16,19,26,30,39,43,46H,7-8,13-15,17-18H2,1-6H3,(H2,38,40,41,44,45)/t26-,30-,36-,37+/m0/s1. The summed E-state index contributed by atoms with van der Waals surface area (Å²) in [5.41, 5.74) is 1.85. The van der Waals surface area contributed by atoms with Gasteiger partial charge in [-0.25, -0.2) is 14.6 Å². The summed E-state index contributed by atoms with van der Waals surface area (Å²) >= 11 is 0. The van der Waals surface area contributed by atoms with Gasteiger partial charge in [-0.3, -0.25) is 15.5 Å². The number of carbonyl (C=O) groups is 2. The number of hydrogen-bond acceptors (Lipinski definition) is 9. The first-order valence-electron chi connectivity index (χ1n) is 17.3. The van der Waals surface area contributed by atoms with Crippen LogP contribution in [0.25, 0.3) is 10.9 Å². The van der Waals surface area contributed by atoms with Crippen molar-refractivity contribution in [1.29, 1.82) is 0 Å². The maximum atomic E-state index is 13.2. The number of rotatable bonds is 3. The minimum atomic E-state index is -1.14. The van der Waals surface area contributed by atoms with Gasteiger partial charge in [0.25, 0.3) is 0 Å². The maximum absolute atomic E-state index is 13.2. The molecule has 2 aliphatic heterocycles. The number of aromatic hydroxyl groups is 1. The number of phenols is 1. The minimum absolute atomic E-state index is 0.0977. The van der Waals surface area contributed by atoms with Gasteiger partial charge in [0.05, 0.1) is 22.4 Å². The van der Waals surface area contributed by atoms with Crippen LogP contribution in [-0.4, -0.2) is 74.2 Å². The quantitative estimate of drug-likeness (QED) is 0.178. The first-order chi connectivity index (χ1) is 23.0. The van der Waals surface area contributed by atoms with Gasteiger partial charge in [0.2, 0.25) is 5.96 Å². The van der Waals surface area contributed by atoms with Crippen LogP contribution >= 0.6 is 0 Å². The normalized spacial score (nSPS) is 26.7. The van der Waals surface area contributed by atoms with Crippen molar-refractivity contribution in [3.05, 3.63) is 52.7 Å². The summed E-state index contributed by atoms with van der Waals surface area (Å²) in [4.78, 5) is 36.2. The Morgan fingerprint density at radius 2 is 1.76 bits per heavy atom. The Morgan fingerprint density at radius 3 is 2.41 bits per heavy atom. The third kappa shape index (κ3) is 5.22. The van der Waals surface area contributed by atoms with E-state index in [1.807, 2.05) is 18.2 Å². The van der Waals surface area contributed by atoms with E-state index in [4.69, 9.17) is 14.2 Å². The van der Waals surface area contributed by atoms with Crippen molar-refractivity contribution in [2.45, 2.75) is 108 Å². The molecule has 8 rings (SSSR count). The first kappa shape index (κ1) is 31.9. The van der Waals surface area contributed by atoms with Crippen LogP contribution < -0.4 is 15.4 Å². The Hall–Kier alpha value is -4.29. The summed E-state index contributed by atoms with van der Waals surface area (Å²) in [5, 5.41) is 30.1. The molecule has 1 aromatic heterocycles. The highest BCUT2D eigenvalue weighted by molar-refractivity contribution is 6.03. The molecule has 1 saturated carbocycles. The molecule has 49 heavy (non-hydrogen) atoms. The van der Waals surface area contributed by atoms with Gasteiger partial charge >= 0.3 is 12.2 Å². The lowest BCUT2D eigenvalue weighted by Gasteiger charge is -2.62. The number of hydrogen-bond donors (Lipinski definition) is 5. The number of likely N-dealkylation sites (tertiary alicyclic amines) is 1. The molecule has 1 spiro atoms. The number of aliphatic imine (C=N–C) groups is 1. The van der Waals surface area contributed by atoms with Crippen LogP contribution in [0.15, 0.2) is 35.3 Å². The number of carbonyl (C=O) groups excluding carboxylic acids is 2. The number of nitrogens with one attached hydrogen (secondary N) is 3. The van der Waals surface area contributed by atoms with Gasteiger partial charge in [-0.05, 0) is 115 Å². The summed E-state index contributed by atoms with van der Waals surface area (Å²) < 4.78 is 17.5. The molecule has 0 radical (unpaired) electrons. The van der Waals surface area contributed by atoms with E-state index in [2.05, 4.69) is 25.5 Å². The Balaban J connectivity index is 1.21. The number of fused-ring (bicyclic) bond motifs is 4. The average molecular weight is 672 g/mol. The summed E-state index contributed by atoms with van der Waals surface area (Å²) in [6.07, 6.45) is 2.20. The highest BCUT2D eigenvalue weighted by Crippen LogP contribution is 2.69. The monoisotopic (exact) mass is 671 g/mol. The number of aromatic amines is 1. The molecule has 12 heteroatoms. The van der Waals surface area contributed by atoms with Crippen molar-refractivity contribution in [1.82, 2.24) is 20.5 Å². The Kier molecular flexibility index (Phi) is 6.91. The first-order valence-corrected chi connectivity index (χ1v) is 17.3. The SMILES string of the molecule is CC(C)(C)OC(=O)NC(=Nc1ccc2[nH]c3c(c2c1)C[C@@]1(O)[C@@H]2Cc4ccc(O)c5c4[C@@]1(CCN2CC1CC1)[C@H]3O5)NC(=O)OC(C)(C)C. The van der Waals surface area contributed by atoms with Crippen molar-refractivity contribution in [2.75, 3.05) is 13.1 Å². The smallest absolute Gasteiger partial charge is 0.414 e. The highest BCUT2D eigenvalue weighted by Gasteiger charge is 2.72. The van der Waals surface area contributed by atoms with E-state index < -0.39 is 40.5 Å². The number of piperidine rings is 1. The largest absolute Gasteiger partial charge is 0.504 e. The van der Waals surface area contributed by atoms with E-state index in [0.29, 0.717) is 30.2 Å². The lowest BCUT2D eigenvalue weighted by atomic mass is 9.49. The number of phenolic OH excluding ortho intramolecular Hbond substituents is 1. The van der Waals surface area contributed by atoms with Crippen molar-refractivity contribution in [2.24, 2.45) is 10.9 Å². The zero-order valence-corrected chi connectivity index (χ0v) is 28.9. The lowest BCUT2D eigenvalue weighted by molar-refractivity contribution is -0.173. The summed E-state index contributed by atoms with van der Waals surface area (Å²) in [6, 6.07) is 9.18. The molecule has 5 N–H and O–H groups in total. The molecular formula is C37H45N5O7. The number of alkyl carbamates (subject to hydrolysis) is 2. The molecule has 4 atom stereocenters. The molecule has 2 fully saturated rings. The van der Waals surface area contributed by atoms with Crippen LogP contribution in [0.4, 0.5) is 15.3 Å². The van der Waals surface area contributed by atoms with E-state index >= 15 is 0 Å². The number of amides is 2. The van der Waals surface area contributed by atoms with Gasteiger partial charge in [0.15, 0.2) is 17.6 Å². The third-order valence-corrected chi connectivity index (χ3v) is 10.6. The molecule has 3 aliphatic carbocycles. The third-order valence-electron chi connectivity index (χ3n) is 10.6. The molecule has 3 aromatic rings. The fourth-order valence-corrected chi connectivity index (χ4v) is 8.70. The van der Waals surface area contributed by atoms with Crippen molar-refractivity contribution < 1.29 is 34.0 Å². The predicted molar refractivity (Wildman–Crippen MR) is 182 cm³/mol. The Labute approximate surface area is 285 Å². The van der Waals surface area contributed by atoms with E-state index in [1.165, 1.54) is 12.8 Å². The molecule has 5 aliphatic rings. The Morgan fingerprint density at radius 1 is 1.06 bits per heavy atom. The van der Waals surface area contributed by atoms with E-state index in [0.717, 1.165) is 52.8 Å². The van der Waals surface area contributed by atoms with Gasteiger partial charge in [-0.2, -0.15) is 0 Å². The molecule has 0 unspecified atom stereocenters. The molecule has 1 saturated heterocycles. The van der Waals surface area contributed by atoms with Crippen molar-refractivity contribution >= 4 is 34.7 Å². The molecule has 2 bridgehead atoms. The minimum Gasteiger partial charge on any atom is -0.504 e. The zero-order valence-electron chi connectivity index (χ0n) is 28.9. The number of aromatic nitrogens is 1. The Bertz CT molecular complexity index is 1890. The van der Waals surface area contributed by atoms with Crippen molar-refractivity contribution in [3.63, 3.8) is 0 Å². The average Bonchev–Trinajstić information content (AvgIpc) is 3.62. The second-order valence-corrected chi connectivity index (χ2v) is 16.4. The fraction of sp³-hybridized carbons (Fsp3) is 0.541. The topological polar surface area (TPSA) is 158 Å². The summed E-state index contributed by atoms with van der Waals surface area (Å²) in [5.74, 6) is 1.11. The molecule has 2 aromatic carbocycles. The molecule has 260 valence electrons. The number of H-pyrrole nitrogens is 1. The van der Waals surface area contributed by atoms with Gasteiger partial charge in [0, 0.05) is 35.5 Å².